The molecule has 21 aromatic rings. The Morgan fingerprint density at radius 2 is 0.450 bits per heavy atom. The van der Waals surface area contributed by atoms with Gasteiger partial charge >= 0.3 is 0 Å². The summed E-state index contributed by atoms with van der Waals surface area (Å²) >= 11 is 0. The summed E-state index contributed by atoms with van der Waals surface area (Å²) < 4.78 is 29.1. The zero-order valence-electron chi connectivity index (χ0n) is 53.9. The van der Waals surface area contributed by atoms with Gasteiger partial charge in [0.05, 0.1) is 11.4 Å². The van der Waals surface area contributed by atoms with E-state index in [1.165, 1.54) is 65.3 Å². The van der Waals surface area contributed by atoms with E-state index in [1.54, 1.807) is 0 Å². The molecule has 0 saturated carbocycles. The maximum Gasteiger partial charge on any atom is 0.160 e. The number of nitrogens with zero attached hydrogens (tertiary/aromatic N) is 2. The number of hydrogen-bond donors (Lipinski definition) is 0. The molecule has 466 valence electrons. The summed E-state index contributed by atoms with van der Waals surface area (Å²) in [4.78, 5) is 4.63. The van der Waals surface area contributed by atoms with Gasteiger partial charge in [-0.25, -0.2) is 0 Å². The molecule has 0 aliphatic carbocycles. The van der Waals surface area contributed by atoms with Crippen molar-refractivity contribution in [1.29, 1.82) is 0 Å². The molecule has 17 aromatic carbocycles. The Balaban J connectivity index is 0.760. The van der Waals surface area contributed by atoms with Gasteiger partial charge in [0.2, 0.25) is 0 Å². The van der Waals surface area contributed by atoms with E-state index in [9.17, 15) is 0 Å². The molecule has 0 aliphatic heterocycles. The van der Waals surface area contributed by atoms with Gasteiger partial charge in [-0.05, 0) is 160 Å². The fourth-order valence-electron chi connectivity index (χ4n) is 16.0. The Labute approximate surface area is 573 Å². The van der Waals surface area contributed by atoms with Gasteiger partial charge < -0.3 is 27.5 Å². The zero-order valence-corrected chi connectivity index (χ0v) is 53.9. The van der Waals surface area contributed by atoms with E-state index in [1.807, 2.05) is 12.1 Å². The molecule has 0 spiro atoms. The van der Waals surface area contributed by atoms with Crippen molar-refractivity contribution in [2.24, 2.45) is 0 Å². The number of rotatable bonds is 10. The standard InChI is InChI=1S/C94H56N2O4/c1-5-25-69-57(17-1)21-13-31-73(69)61-37-45-65(46-38-61)95(66-47-39-62(40-48-66)74-32-14-22-58-18-2-6-26-70(58)74)81-55-87-89(91-77-29-9-11-35-83(77)99-93(81)91)79-53-86-80(54-85(79)97-87)90-88(98-86)56-82(94-92(90)78-30-10-12-36-84(78)100-94)96(67-49-41-63(42-50-67)75-33-15-23-59-19-3-7-27-71(59)75)68-51-43-64(44-52-68)76-34-16-24-60-20-4-8-28-72(60)76/h1-56H. The van der Waals surface area contributed by atoms with Crippen LogP contribution < -0.4 is 9.80 Å². The van der Waals surface area contributed by atoms with E-state index in [0.717, 1.165) is 144 Å². The van der Waals surface area contributed by atoms with Gasteiger partial charge in [0.25, 0.3) is 0 Å². The van der Waals surface area contributed by atoms with Crippen molar-refractivity contribution >= 4 is 165 Å². The molecule has 0 radical (unpaired) electrons. The molecule has 100 heavy (non-hydrogen) atoms. The highest BCUT2D eigenvalue weighted by Gasteiger charge is 2.29. The van der Waals surface area contributed by atoms with Crippen LogP contribution in [-0.4, -0.2) is 0 Å². The van der Waals surface area contributed by atoms with Gasteiger partial charge in [0, 0.05) is 78.0 Å². The molecule has 0 aliphatic rings. The van der Waals surface area contributed by atoms with Gasteiger partial charge in [-0.3, -0.25) is 0 Å². The molecule has 4 aromatic heterocycles. The van der Waals surface area contributed by atoms with Crippen molar-refractivity contribution in [3.63, 3.8) is 0 Å². The zero-order chi connectivity index (χ0) is 65.5. The molecule has 21 rings (SSSR count). The summed E-state index contributed by atoms with van der Waals surface area (Å²) in [7, 11) is 0. The molecular weight excluding hydrogens is 1220 g/mol. The third-order valence-electron chi connectivity index (χ3n) is 20.6. The third-order valence-corrected chi connectivity index (χ3v) is 20.6. The van der Waals surface area contributed by atoms with E-state index in [-0.39, 0.29) is 0 Å². The summed E-state index contributed by atoms with van der Waals surface area (Å²) in [5, 5.41) is 17.3. The predicted molar refractivity (Wildman–Crippen MR) is 417 cm³/mol. The van der Waals surface area contributed by atoms with Gasteiger partial charge in [-0.2, -0.15) is 0 Å². The minimum absolute atomic E-state index is 0.723. The molecular formula is C94H56N2O4. The lowest BCUT2D eigenvalue weighted by atomic mass is 9.97. The van der Waals surface area contributed by atoms with Crippen LogP contribution in [-0.2, 0) is 0 Å². The summed E-state index contributed by atoms with van der Waals surface area (Å²) in [5.41, 5.74) is 20.7. The Morgan fingerprint density at radius 1 is 0.180 bits per heavy atom. The quantitative estimate of drug-likeness (QED) is 0.136. The van der Waals surface area contributed by atoms with Crippen molar-refractivity contribution in [2.75, 3.05) is 9.80 Å². The maximum atomic E-state index is 7.35. The monoisotopic (exact) mass is 1280 g/mol. The minimum Gasteiger partial charge on any atom is -0.456 e. The Bertz CT molecular complexity index is 6210. The number of benzene rings is 17. The summed E-state index contributed by atoms with van der Waals surface area (Å²) in [5.74, 6) is 0. The van der Waals surface area contributed by atoms with Gasteiger partial charge in [-0.15, -0.1) is 0 Å². The molecule has 6 heteroatoms. The molecule has 0 bridgehead atoms. The minimum atomic E-state index is 0.723. The topological polar surface area (TPSA) is 59.0 Å². The van der Waals surface area contributed by atoms with Crippen LogP contribution in [0.15, 0.2) is 357 Å². The summed E-state index contributed by atoms with van der Waals surface area (Å²) in [6.07, 6.45) is 0. The summed E-state index contributed by atoms with van der Waals surface area (Å²) in [6, 6.07) is 122. The average Bonchev–Trinajstić information content (AvgIpc) is 1.54. The predicted octanol–water partition coefficient (Wildman–Crippen LogP) is 27.5. The first kappa shape index (κ1) is 55.8. The van der Waals surface area contributed by atoms with Crippen molar-refractivity contribution in [1.82, 2.24) is 0 Å². The van der Waals surface area contributed by atoms with Gasteiger partial charge in [0.1, 0.15) is 33.5 Å². The Hall–Kier alpha value is -13.4. The first-order valence-electron chi connectivity index (χ1n) is 34.0. The highest BCUT2D eigenvalue weighted by atomic mass is 16.3. The number of hydrogen-bond acceptors (Lipinski definition) is 6. The molecule has 0 atom stereocenters. The van der Waals surface area contributed by atoms with Crippen molar-refractivity contribution in [3.05, 3.63) is 340 Å². The second kappa shape index (κ2) is 22.1. The lowest BCUT2D eigenvalue weighted by molar-refractivity contribution is 0.660. The highest BCUT2D eigenvalue weighted by molar-refractivity contribution is 6.33. The van der Waals surface area contributed by atoms with Crippen molar-refractivity contribution in [2.45, 2.75) is 0 Å². The third kappa shape index (κ3) is 8.70. The SMILES string of the molecule is c1ccc2c(-c3ccc(N(c4ccc(-c5cccc6ccccc56)cc4)c4cc5oc6cc7c(cc6c5c5c4oc4ccccc45)oc4cc(N(c5ccc(-c6cccc8ccccc68)cc5)c5ccc(-c6cccc8ccccc68)cc5)c5oc6ccccc6c5c47)cc3)cccc2c1. The van der Waals surface area contributed by atoms with Crippen LogP contribution in [0.1, 0.15) is 0 Å². The fourth-order valence-corrected chi connectivity index (χ4v) is 16.0. The number of fused-ring (bicyclic) bond motifs is 18. The van der Waals surface area contributed by atoms with E-state index in [4.69, 9.17) is 17.7 Å². The van der Waals surface area contributed by atoms with E-state index in [0.29, 0.717) is 0 Å². The van der Waals surface area contributed by atoms with Crippen LogP contribution in [0.3, 0.4) is 0 Å². The molecule has 0 fully saturated rings. The number of para-hydroxylation sites is 2. The molecule has 0 N–H and O–H groups in total. The first-order chi connectivity index (χ1) is 49.6. The number of anilines is 6. The molecule has 0 amide bonds. The second-order valence-corrected chi connectivity index (χ2v) is 26.2. The molecule has 0 saturated heterocycles. The molecule has 6 nitrogen and oxygen atoms in total. The number of furan rings is 4. The lowest BCUT2D eigenvalue weighted by Gasteiger charge is -2.26. The largest absolute Gasteiger partial charge is 0.456 e. The highest BCUT2D eigenvalue weighted by Crippen LogP contribution is 2.53. The fraction of sp³-hybridized carbons (Fsp3) is 0. The lowest BCUT2D eigenvalue weighted by Crippen LogP contribution is -2.10. The molecule has 0 unspecified atom stereocenters. The van der Waals surface area contributed by atoms with E-state index < -0.39 is 0 Å². The molecule has 4 heterocycles. The van der Waals surface area contributed by atoms with Crippen LogP contribution in [0, 0.1) is 0 Å². The first-order valence-corrected chi connectivity index (χ1v) is 34.0. The van der Waals surface area contributed by atoms with Crippen LogP contribution >= 0.6 is 0 Å². The van der Waals surface area contributed by atoms with Crippen LogP contribution in [0.4, 0.5) is 34.1 Å². The Kier molecular flexibility index (Phi) is 12.3. The van der Waals surface area contributed by atoms with Crippen molar-refractivity contribution < 1.29 is 17.7 Å². The van der Waals surface area contributed by atoms with E-state index in [2.05, 4.69) is 337 Å². The van der Waals surface area contributed by atoms with Gasteiger partial charge in [-0.1, -0.05) is 255 Å². The normalized spacial score (nSPS) is 12.0. The van der Waals surface area contributed by atoms with Crippen LogP contribution in [0.5, 0.6) is 0 Å². The van der Waals surface area contributed by atoms with E-state index >= 15 is 0 Å². The van der Waals surface area contributed by atoms with Crippen molar-refractivity contribution in [3.8, 4) is 44.5 Å². The average molecular weight is 1280 g/mol. The van der Waals surface area contributed by atoms with Crippen LogP contribution in [0.2, 0.25) is 0 Å². The second-order valence-electron chi connectivity index (χ2n) is 26.2. The maximum absolute atomic E-state index is 7.35. The van der Waals surface area contributed by atoms with Gasteiger partial charge in [0.15, 0.2) is 11.2 Å². The van der Waals surface area contributed by atoms with Crippen LogP contribution in [0.25, 0.3) is 175 Å². The Morgan fingerprint density at radius 3 is 0.760 bits per heavy atom. The smallest absolute Gasteiger partial charge is 0.160 e. The summed E-state index contributed by atoms with van der Waals surface area (Å²) in [6.45, 7) is 0.